The molecule has 0 bridgehead atoms. The van der Waals surface area contributed by atoms with Gasteiger partial charge >= 0.3 is 0 Å². The summed E-state index contributed by atoms with van der Waals surface area (Å²) in [5.74, 6) is -1.75. The summed E-state index contributed by atoms with van der Waals surface area (Å²) in [6.45, 7) is 9.56. The van der Waals surface area contributed by atoms with Crippen LogP contribution in [0.1, 0.15) is 41.8 Å². The highest BCUT2D eigenvalue weighted by molar-refractivity contribution is 7.91. The molecule has 8 heteroatoms. The lowest BCUT2D eigenvalue weighted by Crippen LogP contribution is -2.30. The second-order valence-corrected chi connectivity index (χ2v) is 9.85. The van der Waals surface area contributed by atoms with Crippen LogP contribution in [-0.2, 0) is 20.4 Å². The van der Waals surface area contributed by atoms with E-state index in [-0.39, 0.29) is 11.7 Å². The van der Waals surface area contributed by atoms with Gasteiger partial charge in [0.25, 0.3) is 5.91 Å². The van der Waals surface area contributed by atoms with Crippen LogP contribution in [0.3, 0.4) is 0 Å². The van der Waals surface area contributed by atoms with Crippen molar-refractivity contribution in [3.05, 3.63) is 65.2 Å². The standard InChI is InChI=1S/C24H33N3O4S/c1-4-27(5-2)15-7-14-25-24(29)21-9-6-8-20(16-21)17-32(30,31)18-23(28)26-22-12-10-19(3)11-13-22/h6,8-13,16H,4-5,7,14-15,17-18H2,1-3H3,(H,25,29)(H,26,28). The molecule has 0 saturated heterocycles. The van der Waals surface area contributed by atoms with Crippen molar-refractivity contribution in [2.45, 2.75) is 32.9 Å². The van der Waals surface area contributed by atoms with Crippen molar-refractivity contribution in [3.63, 3.8) is 0 Å². The first kappa shape index (κ1) is 25.5. The fraction of sp³-hybridized carbons (Fsp3) is 0.417. The molecule has 2 aromatic carbocycles. The number of nitrogens with one attached hydrogen (secondary N) is 2. The zero-order valence-electron chi connectivity index (χ0n) is 19.1. The van der Waals surface area contributed by atoms with Gasteiger partial charge in [-0.3, -0.25) is 9.59 Å². The van der Waals surface area contributed by atoms with Crippen molar-refractivity contribution in [1.82, 2.24) is 10.2 Å². The first-order valence-electron chi connectivity index (χ1n) is 10.9. The highest BCUT2D eigenvalue weighted by atomic mass is 32.2. The number of sulfone groups is 1. The fourth-order valence-corrected chi connectivity index (χ4v) is 4.55. The smallest absolute Gasteiger partial charge is 0.251 e. The molecule has 0 aliphatic rings. The number of amides is 2. The van der Waals surface area contributed by atoms with Crippen LogP contribution in [0.25, 0.3) is 0 Å². The largest absolute Gasteiger partial charge is 0.352 e. The van der Waals surface area contributed by atoms with Crippen LogP contribution in [0.15, 0.2) is 48.5 Å². The van der Waals surface area contributed by atoms with Crippen molar-refractivity contribution in [2.75, 3.05) is 37.2 Å². The lowest BCUT2D eigenvalue weighted by atomic mass is 10.1. The maximum atomic E-state index is 12.5. The van der Waals surface area contributed by atoms with E-state index in [2.05, 4.69) is 29.4 Å². The molecule has 32 heavy (non-hydrogen) atoms. The molecule has 0 spiro atoms. The van der Waals surface area contributed by atoms with Gasteiger partial charge in [-0.05, 0) is 62.8 Å². The van der Waals surface area contributed by atoms with E-state index in [0.717, 1.165) is 31.6 Å². The average Bonchev–Trinajstić information content (AvgIpc) is 2.74. The quantitative estimate of drug-likeness (QED) is 0.476. The van der Waals surface area contributed by atoms with Gasteiger partial charge in [-0.2, -0.15) is 0 Å². The molecule has 7 nitrogen and oxygen atoms in total. The number of carbonyl (C=O) groups is 2. The van der Waals surface area contributed by atoms with Crippen LogP contribution in [0.5, 0.6) is 0 Å². The molecule has 0 aliphatic carbocycles. The van der Waals surface area contributed by atoms with Crippen LogP contribution in [0.2, 0.25) is 0 Å². The van der Waals surface area contributed by atoms with Crippen molar-refractivity contribution >= 4 is 27.3 Å². The van der Waals surface area contributed by atoms with Gasteiger partial charge in [0.2, 0.25) is 5.91 Å². The number of nitrogens with zero attached hydrogens (tertiary/aromatic N) is 1. The van der Waals surface area contributed by atoms with E-state index in [1.807, 2.05) is 19.1 Å². The normalized spacial score (nSPS) is 11.4. The van der Waals surface area contributed by atoms with Crippen LogP contribution in [0.4, 0.5) is 5.69 Å². The van der Waals surface area contributed by atoms with Crippen LogP contribution in [0, 0.1) is 6.92 Å². The number of carbonyl (C=O) groups excluding carboxylic acids is 2. The van der Waals surface area contributed by atoms with E-state index in [4.69, 9.17) is 0 Å². The Morgan fingerprint density at radius 2 is 1.69 bits per heavy atom. The van der Waals surface area contributed by atoms with E-state index in [9.17, 15) is 18.0 Å². The van der Waals surface area contributed by atoms with E-state index in [1.54, 1.807) is 36.4 Å². The molecule has 0 aliphatic heterocycles. The van der Waals surface area contributed by atoms with Crippen LogP contribution in [-0.4, -0.2) is 57.1 Å². The topological polar surface area (TPSA) is 95.6 Å². The van der Waals surface area contributed by atoms with Crippen molar-refractivity contribution in [1.29, 1.82) is 0 Å². The number of aryl methyl sites for hydroxylation is 1. The summed E-state index contributed by atoms with van der Waals surface area (Å²) < 4.78 is 25.0. The maximum Gasteiger partial charge on any atom is 0.251 e. The zero-order chi connectivity index (χ0) is 23.6. The molecule has 0 saturated carbocycles. The molecule has 2 aromatic rings. The molecular weight excluding hydrogens is 426 g/mol. The van der Waals surface area contributed by atoms with Crippen molar-refractivity contribution in [3.8, 4) is 0 Å². The monoisotopic (exact) mass is 459 g/mol. The molecule has 2 amide bonds. The first-order chi connectivity index (χ1) is 15.2. The lowest BCUT2D eigenvalue weighted by Gasteiger charge is -2.17. The van der Waals surface area contributed by atoms with Gasteiger partial charge in [0, 0.05) is 17.8 Å². The number of anilines is 1. The minimum absolute atomic E-state index is 0.235. The summed E-state index contributed by atoms with van der Waals surface area (Å²) in [5.41, 5.74) is 2.48. The summed E-state index contributed by atoms with van der Waals surface area (Å²) in [7, 11) is -3.69. The SMILES string of the molecule is CCN(CC)CCCNC(=O)c1cccc(CS(=O)(=O)CC(=O)Nc2ccc(C)cc2)c1. The predicted molar refractivity (Wildman–Crippen MR) is 128 cm³/mol. The number of benzene rings is 2. The van der Waals surface area contributed by atoms with Gasteiger partial charge in [-0.1, -0.05) is 43.7 Å². The van der Waals surface area contributed by atoms with E-state index < -0.39 is 21.5 Å². The predicted octanol–water partition coefficient (Wildman–Crippen LogP) is 3.01. The molecular formula is C24H33N3O4S. The molecule has 0 unspecified atom stereocenters. The van der Waals surface area contributed by atoms with Crippen LogP contribution >= 0.6 is 0 Å². The Bertz CT molecular complexity index is 1000. The summed E-state index contributed by atoms with van der Waals surface area (Å²) in [4.78, 5) is 26.9. The Kier molecular flexibility index (Phi) is 9.87. The summed E-state index contributed by atoms with van der Waals surface area (Å²) in [6, 6.07) is 13.6. The Balaban J connectivity index is 1.89. The lowest BCUT2D eigenvalue weighted by molar-refractivity contribution is -0.113. The van der Waals surface area contributed by atoms with E-state index in [1.165, 1.54) is 0 Å². The molecule has 0 aromatic heterocycles. The van der Waals surface area contributed by atoms with Crippen LogP contribution < -0.4 is 10.6 Å². The molecule has 2 N–H and O–H groups in total. The first-order valence-corrected chi connectivity index (χ1v) is 12.7. The second-order valence-electron chi connectivity index (χ2n) is 7.78. The Labute approximate surface area is 191 Å². The molecule has 0 atom stereocenters. The third-order valence-corrected chi connectivity index (χ3v) is 6.57. The Morgan fingerprint density at radius 3 is 2.34 bits per heavy atom. The third-order valence-electron chi connectivity index (χ3n) is 5.09. The highest BCUT2D eigenvalue weighted by Gasteiger charge is 2.18. The summed E-state index contributed by atoms with van der Waals surface area (Å²) in [6.07, 6.45) is 0.845. The Morgan fingerprint density at radius 1 is 1.00 bits per heavy atom. The van der Waals surface area contributed by atoms with Gasteiger partial charge in [0.15, 0.2) is 9.84 Å². The van der Waals surface area contributed by atoms with Gasteiger partial charge in [0.1, 0.15) is 5.75 Å². The maximum absolute atomic E-state index is 12.5. The van der Waals surface area contributed by atoms with Gasteiger partial charge in [0.05, 0.1) is 5.75 Å². The summed E-state index contributed by atoms with van der Waals surface area (Å²) in [5, 5.41) is 5.48. The average molecular weight is 460 g/mol. The minimum Gasteiger partial charge on any atom is -0.352 e. The molecule has 0 fully saturated rings. The second kappa shape index (κ2) is 12.4. The third kappa shape index (κ3) is 8.80. The van der Waals surface area contributed by atoms with Gasteiger partial charge in [-0.15, -0.1) is 0 Å². The molecule has 0 radical (unpaired) electrons. The number of hydrogen-bond donors (Lipinski definition) is 2. The van der Waals surface area contributed by atoms with Crippen molar-refractivity contribution in [2.24, 2.45) is 0 Å². The zero-order valence-corrected chi connectivity index (χ0v) is 19.9. The fourth-order valence-electron chi connectivity index (χ4n) is 3.29. The minimum atomic E-state index is -3.69. The number of hydrogen-bond acceptors (Lipinski definition) is 5. The van der Waals surface area contributed by atoms with Crippen molar-refractivity contribution < 1.29 is 18.0 Å². The molecule has 174 valence electrons. The highest BCUT2D eigenvalue weighted by Crippen LogP contribution is 2.12. The molecule has 0 heterocycles. The number of rotatable bonds is 12. The Hall–Kier alpha value is -2.71. The van der Waals surface area contributed by atoms with E-state index in [0.29, 0.717) is 23.4 Å². The summed E-state index contributed by atoms with van der Waals surface area (Å²) >= 11 is 0. The molecule has 2 rings (SSSR count). The van der Waals surface area contributed by atoms with E-state index >= 15 is 0 Å². The van der Waals surface area contributed by atoms with Gasteiger partial charge in [-0.25, -0.2) is 8.42 Å². The van der Waals surface area contributed by atoms with Gasteiger partial charge < -0.3 is 15.5 Å².